The van der Waals surface area contributed by atoms with Gasteiger partial charge in [-0.1, -0.05) is 149 Å². The molecule has 2 aromatic heterocycles. The summed E-state index contributed by atoms with van der Waals surface area (Å²) in [5, 5.41) is 1.31. The number of aromatic nitrogens is 2. The maximum absolute atomic E-state index is 6.88. The van der Waals surface area contributed by atoms with Gasteiger partial charge in [-0.3, -0.25) is 0 Å². The Morgan fingerprint density at radius 1 is 0.742 bits per heavy atom. The molecule has 1 unspecified atom stereocenters. The molecule has 1 aliphatic carbocycles. The molecule has 62 heavy (non-hydrogen) atoms. The summed E-state index contributed by atoms with van der Waals surface area (Å²) in [7, 11) is 0. The van der Waals surface area contributed by atoms with Gasteiger partial charge in [-0.25, -0.2) is 4.98 Å². The molecule has 0 radical (unpaired) electrons. The SMILES string of the molecule is CC(C)B1c2cc(Oc3[c-]c(N4[CH-]N(c5c(-c6ccccc6)cccc5-c5ccccc5)c5ccccc54)ccc3)[c-]c3c2c2c(n3-c3cc(C(C)(C)C)ccn3)C=CCC12.[Pt]. The summed E-state index contributed by atoms with van der Waals surface area (Å²) in [4.78, 5) is 9.52. The summed E-state index contributed by atoms with van der Waals surface area (Å²) in [6, 6.07) is 56.7. The number of pyridine rings is 1. The first-order valence-electron chi connectivity index (χ1n) is 21.5. The predicted molar refractivity (Wildman–Crippen MR) is 253 cm³/mol. The topological polar surface area (TPSA) is 33.5 Å². The van der Waals surface area contributed by atoms with Crippen molar-refractivity contribution in [1.29, 1.82) is 0 Å². The van der Waals surface area contributed by atoms with E-state index in [1.807, 2.05) is 12.3 Å². The van der Waals surface area contributed by atoms with Crippen LogP contribution in [0.1, 0.15) is 63.7 Å². The van der Waals surface area contributed by atoms with E-state index in [2.05, 4.69) is 213 Å². The van der Waals surface area contributed by atoms with E-state index in [0.717, 1.165) is 62.8 Å². The molecule has 0 spiro atoms. The minimum Gasteiger partial charge on any atom is -0.509 e. The van der Waals surface area contributed by atoms with Crippen LogP contribution in [0, 0.1) is 18.8 Å². The van der Waals surface area contributed by atoms with Gasteiger partial charge in [-0.2, -0.15) is 11.5 Å². The van der Waals surface area contributed by atoms with Crippen molar-refractivity contribution in [3.63, 3.8) is 0 Å². The fourth-order valence-corrected chi connectivity index (χ4v) is 10.0. The Kier molecular flexibility index (Phi) is 10.1. The normalized spacial score (nSPS) is 15.1. The Morgan fingerprint density at radius 3 is 2.08 bits per heavy atom. The molecule has 8 aromatic rings. The van der Waals surface area contributed by atoms with Crippen LogP contribution in [0.25, 0.3) is 45.1 Å². The second-order valence-corrected chi connectivity index (χ2v) is 17.9. The number of allylic oxidation sites excluding steroid dienone is 1. The van der Waals surface area contributed by atoms with Gasteiger partial charge in [-0.05, 0) is 64.7 Å². The summed E-state index contributed by atoms with van der Waals surface area (Å²) in [6.07, 6.45) is 7.62. The Labute approximate surface area is 380 Å². The summed E-state index contributed by atoms with van der Waals surface area (Å²) < 4.78 is 9.20. The average molecular weight is 985 g/mol. The second kappa shape index (κ2) is 15.7. The van der Waals surface area contributed by atoms with E-state index >= 15 is 0 Å². The summed E-state index contributed by atoms with van der Waals surface area (Å²) >= 11 is 0. The van der Waals surface area contributed by atoms with Gasteiger partial charge in [0, 0.05) is 72.6 Å². The van der Waals surface area contributed by atoms with Crippen molar-refractivity contribution in [3.8, 4) is 39.6 Å². The fraction of sp³-hybridized carbons (Fsp3) is 0.164. The molecule has 0 bridgehead atoms. The zero-order valence-electron chi connectivity index (χ0n) is 35.5. The molecule has 6 aromatic carbocycles. The van der Waals surface area contributed by atoms with E-state index in [9.17, 15) is 0 Å². The minimum atomic E-state index is -0.0112. The third kappa shape index (κ3) is 6.62. The average Bonchev–Trinajstić information content (AvgIpc) is 3.95. The summed E-state index contributed by atoms with van der Waals surface area (Å²) in [5.74, 6) is 3.10. The van der Waals surface area contributed by atoms with Gasteiger partial charge >= 0.3 is 0 Å². The van der Waals surface area contributed by atoms with Crippen LogP contribution in [0.2, 0.25) is 5.82 Å². The zero-order chi connectivity index (χ0) is 41.4. The van der Waals surface area contributed by atoms with Crippen molar-refractivity contribution in [1.82, 2.24) is 9.55 Å². The van der Waals surface area contributed by atoms with E-state index in [4.69, 9.17) is 9.72 Å². The van der Waals surface area contributed by atoms with Gasteiger partial charge in [-0.15, -0.1) is 48.1 Å². The van der Waals surface area contributed by atoms with Crippen molar-refractivity contribution < 1.29 is 25.8 Å². The van der Waals surface area contributed by atoms with Gasteiger partial charge in [0.05, 0.1) is 0 Å². The molecule has 11 rings (SSSR count). The van der Waals surface area contributed by atoms with E-state index in [1.165, 1.54) is 27.7 Å². The molecule has 7 heteroatoms. The van der Waals surface area contributed by atoms with Crippen LogP contribution in [0.15, 0.2) is 152 Å². The monoisotopic (exact) mass is 984 g/mol. The molecule has 2 aliphatic heterocycles. The van der Waals surface area contributed by atoms with Crippen LogP contribution in [-0.4, -0.2) is 16.3 Å². The molecule has 0 amide bonds. The van der Waals surface area contributed by atoms with Gasteiger partial charge in [0.15, 0.2) is 6.71 Å². The number of nitrogens with zero attached hydrogens (tertiary/aromatic N) is 4. The number of hydrogen-bond acceptors (Lipinski definition) is 4. The number of para-hydroxylation sites is 3. The second-order valence-electron chi connectivity index (χ2n) is 17.9. The third-order valence-electron chi connectivity index (χ3n) is 12.8. The summed E-state index contributed by atoms with van der Waals surface area (Å²) in [5.41, 5.74) is 15.0. The smallest absolute Gasteiger partial charge is 0.159 e. The Balaban J connectivity index is 0.00000458. The Morgan fingerprint density at radius 2 is 1.40 bits per heavy atom. The van der Waals surface area contributed by atoms with Gasteiger partial charge in [0.25, 0.3) is 0 Å². The van der Waals surface area contributed by atoms with Crippen molar-refractivity contribution in [2.24, 2.45) is 0 Å². The van der Waals surface area contributed by atoms with Gasteiger partial charge in [0.1, 0.15) is 5.82 Å². The maximum Gasteiger partial charge on any atom is 0.159 e. The number of ether oxygens (including phenoxy) is 1. The fourth-order valence-electron chi connectivity index (χ4n) is 10.0. The van der Waals surface area contributed by atoms with Gasteiger partial charge in [0.2, 0.25) is 0 Å². The van der Waals surface area contributed by atoms with E-state index in [1.54, 1.807) is 0 Å². The quantitative estimate of drug-likeness (QED) is 0.112. The van der Waals surface area contributed by atoms with Crippen LogP contribution < -0.4 is 20.0 Å². The van der Waals surface area contributed by atoms with Gasteiger partial charge < -0.3 is 19.1 Å². The van der Waals surface area contributed by atoms with E-state index in [0.29, 0.717) is 29.8 Å². The molecule has 0 saturated heterocycles. The van der Waals surface area contributed by atoms with Crippen LogP contribution >= 0.6 is 0 Å². The van der Waals surface area contributed by atoms with Crippen molar-refractivity contribution in [2.45, 2.75) is 58.1 Å². The standard InChI is InChI=1S/C55H46BN4O.Pt/c1-36(2)56-45-25-16-28-49-52(45)53-46(56)33-42(34-50(53)60(49)51-31-39(29-30-57-51)55(3,4)5)61-41-22-14-21-40(32-41)58-35-59(48-27-13-12-26-47(48)58)54-43(37-17-8-6-9-18-37)23-15-24-44(54)38-19-10-7-11-20-38;/h6-24,26-31,33,35-36,45H,25H2,1-5H3;/q-3;. The van der Waals surface area contributed by atoms with E-state index in [-0.39, 0.29) is 26.5 Å². The molecule has 0 fully saturated rings. The first-order valence-corrected chi connectivity index (χ1v) is 21.5. The molecule has 308 valence electrons. The molecular formula is C55H46BN4OPt-3. The Hall–Kier alpha value is -6.10. The molecular weight excluding hydrogens is 939 g/mol. The Bertz CT molecular complexity index is 2950. The van der Waals surface area contributed by atoms with Crippen LogP contribution in [0.4, 0.5) is 22.7 Å². The number of benzene rings is 6. The first-order chi connectivity index (χ1) is 29.7. The molecule has 0 saturated carbocycles. The number of anilines is 4. The van der Waals surface area contributed by atoms with Crippen LogP contribution in [0.3, 0.4) is 0 Å². The predicted octanol–water partition coefficient (Wildman–Crippen LogP) is 13.6. The number of fused-ring (bicyclic) bond motifs is 1. The first kappa shape index (κ1) is 40.0. The largest absolute Gasteiger partial charge is 0.509 e. The number of hydrogen-bond donors (Lipinski definition) is 0. The van der Waals surface area contributed by atoms with Crippen molar-refractivity contribution in [2.75, 3.05) is 9.80 Å². The molecule has 3 aliphatic rings. The molecule has 4 heterocycles. The maximum atomic E-state index is 6.88. The van der Waals surface area contributed by atoms with Crippen LogP contribution in [-0.2, 0) is 26.5 Å². The zero-order valence-corrected chi connectivity index (χ0v) is 37.8. The van der Waals surface area contributed by atoms with Crippen LogP contribution in [0.5, 0.6) is 11.5 Å². The summed E-state index contributed by atoms with van der Waals surface area (Å²) in [6.45, 7) is 14.0. The minimum absolute atomic E-state index is 0. The third-order valence-corrected chi connectivity index (χ3v) is 12.8. The molecule has 1 atom stereocenters. The number of rotatable bonds is 8. The van der Waals surface area contributed by atoms with E-state index < -0.39 is 0 Å². The molecule has 5 nitrogen and oxygen atoms in total. The van der Waals surface area contributed by atoms with Crippen molar-refractivity contribution >= 4 is 51.9 Å². The molecule has 0 N–H and O–H groups in total. The van der Waals surface area contributed by atoms with Crippen molar-refractivity contribution in [3.05, 3.63) is 187 Å².